The molecule has 3 amide bonds. The van der Waals surface area contributed by atoms with E-state index < -0.39 is 18.2 Å². The number of amides is 3. The highest BCUT2D eigenvalue weighted by Gasteiger charge is 2.39. The summed E-state index contributed by atoms with van der Waals surface area (Å²) in [6.07, 6.45) is -0.210. The van der Waals surface area contributed by atoms with E-state index in [1.807, 2.05) is 54.6 Å². The molecule has 4 N–H and O–H groups in total. The monoisotopic (exact) mass is 447 g/mol. The maximum atomic E-state index is 13.1. The molecule has 172 valence electrons. The number of carbonyl (C=O) groups excluding carboxylic acids is 2. The van der Waals surface area contributed by atoms with E-state index in [2.05, 4.69) is 34.9 Å². The smallest absolute Gasteiger partial charge is 0.320 e. The molecule has 0 unspecified atom stereocenters. The number of nitrogens with one attached hydrogen (secondary N) is 3. The molecule has 1 aliphatic rings. The lowest BCUT2D eigenvalue weighted by atomic mass is 9.70. The molecule has 8 heteroatoms. The molecule has 0 spiro atoms. The second-order valence-corrected chi connectivity index (χ2v) is 8.97. The average molecular weight is 448 g/mol. The van der Waals surface area contributed by atoms with Crippen LogP contribution >= 0.6 is 0 Å². The van der Waals surface area contributed by atoms with E-state index in [1.54, 1.807) is 6.92 Å². The van der Waals surface area contributed by atoms with Crippen LogP contribution in [0.25, 0.3) is 5.69 Å². The topological polar surface area (TPSA) is 108 Å². The predicted molar refractivity (Wildman–Crippen MR) is 127 cm³/mol. The molecule has 0 fully saturated rings. The van der Waals surface area contributed by atoms with E-state index in [-0.39, 0.29) is 17.0 Å². The normalized spacial score (nSPS) is 18.8. The lowest BCUT2D eigenvalue weighted by Gasteiger charge is -2.40. The summed E-state index contributed by atoms with van der Waals surface area (Å²) in [5, 5.41) is 23.6. The number of nitrogens with zero attached hydrogens (tertiary/aromatic N) is 2. The zero-order valence-corrected chi connectivity index (χ0v) is 19.2. The molecular weight excluding hydrogens is 418 g/mol. The molecular formula is C25H29N5O3. The van der Waals surface area contributed by atoms with Crippen LogP contribution in [0.5, 0.6) is 0 Å². The van der Waals surface area contributed by atoms with Crippen molar-refractivity contribution in [2.45, 2.75) is 44.8 Å². The largest absolute Gasteiger partial charge is 0.391 e. The second kappa shape index (κ2) is 8.71. The van der Waals surface area contributed by atoms with Gasteiger partial charge in [-0.15, -0.1) is 0 Å². The van der Waals surface area contributed by atoms with Crippen LogP contribution in [0.4, 0.5) is 10.6 Å². The van der Waals surface area contributed by atoms with Gasteiger partial charge in [-0.05, 0) is 42.0 Å². The summed E-state index contributed by atoms with van der Waals surface area (Å²) in [7, 11) is 1.53. The number of aliphatic hydroxyl groups is 1. The Morgan fingerprint density at radius 3 is 2.45 bits per heavy atom. The third-order valence-electron chi connectivity index (χ3n) is 6.21. The van der Waals surface area contributed by atoms with Crippen molar-refractivity contribution >= 4 is 17.8 Å². The fourth-order valence-electron chi connectivity index (χ4n) is 4.53. The molecule has 1 aromatic heterocycles. The van der Waals surface area contributed by atoms with Crippen molar-refractivity contribution in [3.63, 3.8) is 0 Å². The van der Waals surface area contributed by atoms with Crippen molar-refractivity contribution in [3.8, 4) is 5.69 Å². The molecule has 0 aliphatic heterocycles. The number of anilines is 1. The first-order chi connectivity index (χ1) is 15.7. The Morgan fingerprint density at radius 1 is 1.09 bits per heavy atom. The quantitative estimate of drug-likeness (QED) is 0.491. The summed E-state index contributed by atoms with van der Waals surface area (Å²) < 4.78 is 1.54. The third-order valence-corrected chi connectivity index (χ3v) is 6.21. The summed E-state index contributed by atoms with van der Waals surface area (Å²) in [6.45, 7) is 5.92. The lowest BCUT2D eigenvalue weighted by molar-refractivity contribution is 0.0883. The lowest BCUT2D eigenvalue weighted by Crippen LogP contribution is -2.45. The highest BCUT2D eigenvalue weighted by molar-refractivity contribution is 5.97. The SMILES string of the molecule is CNC(=O)c1nn(-c2ccccc2)c(NC(=O)N[C@H]2c3ccccc3C(C)(C)C[C@@H]2O)c1C. The number of fused-ring (bicyclic) bond motifs is 1. The van der Waals surface area contributed by atoms with Gasteiger partial charge in [0.05, 0.1) is 17.8 Å². The zero-order chi connectivity index (χ0) is 23.8. The number of carbonyl (C=O) groups is 2. The minimum atomic E-state index is -0.734. The number of para-hydroxylation sites is 1. The van der Waals surface area contributed by atoms with Gasteiger partial charge in [0.25, 0.3) is 5.91 Å². The molecule has 4 rings (SSSR count). The Bertz CT molecular complexity index is 1190. The first-order valence-corrected chi connectivity index (χ1v) is 10.9. The van der Waals surface area contributed by atoms with Gasteiger partial charge >= 0.3 is 6.03 Å². The Balaban J connectivity index is 1.65. The molecule has 1 aliphatic carbocycles. The molecule has 1 heterocycles. The molecule has 0 radical (unpaired) electrons. The van der Waals surface area contributed by atoms with E-state index in [1.165, 1.54) is 11.7 Å². The fourth-order valence-corrected chi connectivity index (χ4v) is 4.53. The van der Waals surface area contributed by atoms with Gasteiger partial charge < -0.3 is 15.7 Å². The number of rotatable bonds is 4. The van der Waals surface area contributed by atoms with Crippen LogP contribution in [-0.2, 0) is 5.41 Å². The van der Waals surface area contributed by atoms with Crippen molar-refractivity contribution < 1.29 is 14.7 Å². The Labute approximate surface area is 193 Å². The van der Waals surface area contributed by atoms with Crippen molar-refractivity contribution in [1.29, 1.82) is 0 Å². The molecule has 2 atom stereocenters. The number of hydrogen-bond donors (Lipinski definition) is 4. The highest BCUT2D eigenvalue weighted by Crippen LogP contribution is 2.41. The van der Waals surface area contributed by atoms with Gasteiger partial charge in [-0.3, -0.25) is 10.1 Å². The maximum absolute atomic E-state index is 13.1. The standard InChI is InChI=1S/C25H29N5O3/c1-15-20(23(32)26-4)29-30(16-10-6-5-7-11-16)22(15)28-24(33)27-21-17-12-8-9-13-18(17)25(2,3)14-19(21)31/h5-13,19,21,31H,14H2,1-4H3,(H,26,32)(H2,27,28,33)/t19-,21-/m0/s1. The first-order valence-electron chi connectivity index (χ1n) is 10.9. The first kappa shape index (κ1) is 22.5. The minimum absolute atomic E-state index is 0.199. The summed E-state index contributed by atoms with van der Waals surface area (Å²) >= 11 is 0. The van der Waals surface area contributed by atoms with Gasteiger partial charge in [0.1, 0.15) is 5.82 Å². The van der Waals surface area contributed by atoms with Crippen molar-refractivity contribution in [3.05, 3.63) is 77.0 Å². The van der Waals surface area contributed by atoms with Crippen molar-refractivity contribution in [1.82, 2.24) is 20.4 Å². The molecule has 0 saturated carbocycles. The maximum Gasteiger partial charge on any atom is 0.320 e. The summed E-state index contributed by atoms with van der Waals surface area (Å²) in [6, 6.07) is 16.1. The summed E-state index contributed by atoms with van der Waals surface area (Å²) in [5.74, 6) is 0.0423. The fraction of sp³-hybridized carbons (Fsp3) is 0.320. The molecule has 0 saturated heterocycles. The third kappa shape index (κ3) is 4.21. The second-order valence-electron chi connectivity index (χ2n) is 8.97. The Hall–Kier alpha value is -3.65. The number of urea groups is 1. The number of hydrogen-bond acceptors (Lipinski definition) is 4. The van der Waals surface area contributed by atoms with Gasteiger partial charge in [-0.25, -0.2) is 9.48 Å². The summed E-state index contributed by atoms with van der Waals surface area (Å²) in [4.78, 5) is 25.4. The molecule has 3 aromatic rings. The molecule has 33 heavy (non-hydrogen) atoms. The van der Waals surface area contributed by atoms with Crippen molar-refractivity contribution in [2.24, 2.45) is 0 Å². The van der Waals surface area contributed by atoms with Crippen molar-refractivity contribution in [2.75, 3.05) is 12.4 Å². The number of benzene rings is 2. The molecule has 8 nitrogen and oxygen atoms in total. The Kier molecular flexibility index (Phi) is 5.95. The minimum Gasteiger partial charge on any atom is -0.391 e. The van der Waals surface area contributed by atoms with Gasteiger partial charge in [0.15, 0.2) is 5.69 Å². The van der Waals surface area contributed by atoms with E-state index in [9.17, 15) is 14.7 Å². The van der Waals surface area contributed by atoms with Crippen LogP contribution in [0.2, 0.25) is 0 Å². The van der Waals surface area contributed by atoms with Gasteiger partial charge in [0.2, 0.25) is 0 Å². The molecule has 2 aromatic carbocycles. The molecule has 0 bridgehead atoms. The van der Waals surface area contributed by atoms with Crippen LogP contribution in [0, 0.1) is 6.92 Å². The van der Waals surface area contributed by atoms with Crippen LogP contribution < -0.4 is 16.0 Å². The van der Waals surface area contributed by atoms with E-state index in [0.717, 1.165) is 11.1 Å². The van der Waals surface area contributed by atoms with Crippen LogP contribution in [0.15, 0.2) is 54.6 Å². The average Bonchev–Trinajstić information content (AvgIpc) is 3.12. The van der Waals surface area contributed by atoms with E-state index in [4.69, 9.17) is 0 Å². The van der Waals surface area contributed by atoms with Crippen LogP contribution in [-0.4, -0.2) is 40.0 Å². The predicted octanol–water partition coefficient (Wildman–Crippen LogP) is 3.45. The van der Waals surface area contributed by atoms with E-state index >= 15 is 0 Å². The number of aliphatic hydroxyl groups excluding tert-OH is 1. The Morgan fingerprint density at radius 2 is 1.76 bits per heavy atom. The zero-order valence-electron chi connectivity index (χ0n) is 19.2. The van der Waals surface area contributed by atoms with Crippen LogP contribution in [0.1, 0.15) is 53.5 Å². The van der Waals surface area contributed by atoms with Gasteiger partial charge in [-0.1, -0.05) is 56.3 Å². The van der Waals surface area contributed by atoms with Gasteiger partial charge in [0, 0.05) is 12.6 Å². The van der Waals surface area contributed by atoms with Crippen LogP contribution in [0.3, 0.4) is 0 Å². The van der Waals surface area contributed by atoms with Gasteiger partial charge in [-0.2, -0.15) is 5.10 Å². The highest BCUT2D eigenvalue weighted by atomic mass is 16.3. The number of aromatic nitrogens is 2. The summed E-state index contributed by atoms with van der Waals surface area (Å²) in [5.41, 5.74) is 3.27. The van der Waals surface area contributed by atoms with E-state index in [0.29, 0.717) is 23.5 Å².